The van der Waals surface area contributed by atoms with Crippen molar-refractivity contribution in [3.63, 3.8) is 0 Å². The van der Waals surface area contributed by atoms with Gasteiger partial charge in [-0.1, -0.05) is 30.3 Å². The van der Waals surface area contributed by atoms with Crippen LogP contribution in [0.3, 0.4) is 0 Å². The summed E-state index contributed by atoms with van der Waals surface area (Å²) in [4.78, 5) is 12.4. The summed E-state index contributed by atoms with van der Waals surface area (Å²) in [7, 11) is -2.59. The molecule has 1 aliphatic rings. The lowest BCUT2D eigenvalue weighted by Crippen LogP contribution is -2.54. The number of thioether (sulfide) groups is 1. The number of carboxylic acid groups (broad SMARTS) is 1. The number of hydrogen-bond donors (Lipinski definition) is 1. The Morgan fingerprint density at radius 3 is 2.31 bits per heavy atom. The average Bonchev–Trinajstić information content (AvgIpc) is 2.84. The number of ether oxygens (including phenoxy) is 1. The van der Waals surface area contributed by atoms with Crippen LogP contribution in [0.5, 0.6) is 5.75 Å². The molecule has 1 heterocycles. The van der Waals surface area contributed by atoms with E-state index in [1.165, 1.54) is 35.3 Å². The smallest absolute Gasteiger partial charge is 0.323 e. The third kappa shape index (κ3) is 4.29. The second-order valence-electron chi connectivity index (χ2n) is 7.42. The van der Waals surface area contributed by atoms with Crippen molar-refractivity contribution in [3.8, 4) is 5.75 Å². The number of benzene rings is 2. The molecule has 0 saturated carbocycles. The standard InChI is InChI=1S/C21H25NO5S2/c1-21(2)19(20(23)24)22(18(13-14-28-21)15-7-5-4-6-8-15)29(25,26)17-11-9-16(27-3)10-12-17/h4-12,18-19H,13-14H2,1-3H3,(H,23,24)/t18-,19+/m1/s1. The molecule has 0 aliphatic carbocycles. The number of rotatable bonds is 5. The van der Waals surface area contributed by atoms with Gasteiger partial charge in [0.15, 0.2) is 0 Å². The van der Waals surface area contributed by atoms with E-state index in [9.17, 15) is 18.3 Å². The van der Waals surface area contributed by atoms with Crippen LogP contribution in [0.25, 0.3) is 0 Å². The molecule has 1 fully saturated rings. The molecule has 0 amide bonds. The van der Waals surface area contributed by atoms with E-state index < -0.39 is 32.8 Å². The molecule has 2 aromatic rings. The molecule has 0 aromatic heterocycles. The van der Waals surface area contributed by atoms with Gasteiger partial charge >= 0.3 is 5.97 Å². The van der Waals surface area contributed by atoms with Crippen LogP contribution in [-0.2, 0) is 14.8 Å². The van der Waals surface area contributed by atoms with Crippen molar-refractivity contribution < 1.29 is 23.1 Å². The van der Waals surface area contributed by atoms with Gasteiger partial charge in [0.2, 0.25) is 10.0 Å². The van der Waals surface area contributed by atoms with Gasteiger partial charge in [0.1, 0.15) is 11.8 Å². The topological polar surface area (TPSA) is 83.9 Å². The van der Waals surface area contributed by atoms with Gasteiger partial charge in [-0.2, -0.15) is 16.1 Å². The number of sulfonamides is 1. The summed E-state index contributed by atoms with van der Waals surface area (Å²) in [5.74, 6) is 0.0397. The van der Waals surface area contributed by atoms with Crippen LogP contribution in [0.1, 0.15) is 31.9 Å². The minimum absolute atomic E-state index is 0.0492. The predicted molar refractivity (Wildman–Crippen MR) is 114 cm³/mol. The van der Waals surface area contributed by atoms with Crippen molar-refractivity contribution in [1.82, 2.24) is 4.31 Å². The molecule has 6 nitrogen and oxygen atoms in total. The highest BCUT2D eigenvalue weighted by Gasteiger charge is 2.50. The lowest BCUT2D eigenvalue weighted by atomic mass is 9.98. The van der Waals surface area contributed by atoms with Crippen LogP contribution in [0.15, 0.2) is 59.5 Å². The minimum atomic E-state index is -4.09. The summed E-state index contributed by atoms with van der Waals surface area (Å²) in [6, 6.07) is 13.5. The molecule has 1 aliphatic heterocycles. The van der Waals surface area contributed by atoms with Crippen molar-refractivity contribution in [3.05, 3.63) is 60.2 Å². The molecule has 1 saturated heterocycles. The van der Waals surface area contributed by atoms with Crippen molar-refractivity contribution >= 4 is 27.8 Å². The van der Waals surface area contributed by atoms with Gasteiger partial charge in [-0.25, -0.2) is 8.42 Å². The second kappa shape index (κ2) is 8.38. The number of nitrogens with zero attached hydrogens (tertiary/aromatic N) is 1. The van der Waals surface area contributed by atoms with Crippen molar-refractivity contribution in [2.75, 3.05) is 12.9 Å². The molecule has 8 heteroatoms. The van der Waals surface area contributed by atoms with Crippen molar-refractivity contribution in [2.24, 2.45) is 0 Å². The normalized spacial score (nSPS) is 22.6. The molecule has 29 heavy (non-hydrogen) atoms. The highest BCUT2D eigenvalue weighted by Crippen LogP contribution is 2.44. The molecule has 2 aromatic carbocycles. The Morgan fingerprint density at radius 1 is 1.14 bits per heavy atom. The lowest BCUT2D eigenvalue weighted by Gasteiger charge is -2.39. The number of methoxy groups -OCH3 is 1. The predicted octanol–water partition coefficient (Wildman–Crippen LogP) is 3.80. The van der Waals surface area contributed by atoms with E-state index in [1.807, 2.05) is 30.3 Å². The zero-order valence-corrected chi connectivity index (χ0v) is 18.2. The molecular weight excluding hydrogens is 410 g/mol. The summed E-state index contributed by atoms with van der Waals surface area (Å²) in [5.41, 5.74) is 0.786. The van der Waals surface area contributed by atoms with Crippen molar-refractivity contribution in [2.45, 2.75) is 42.0 Å². The number of aliphatic carboxylic acids is 1. The Kier molecular flexibility index (Phi) is 6.26. The zero-order valence-electron chi connectivity index (χ0n) is 16.6. The van der Waals surface area contributed by atoms with Gasteiger partial charge in [0.05, 0.1) is 18.0 Å². The van der Waals surface area contributed by atoms with Gasteiger partial charge < -0.3 is 9.84 Å². The Balaban J connectivity index is 2.20. The SMILES string of the molecule is COc1ccc(S(=O)(=O)N2[C@@H](c3ccccc3)CCSC(C)(C)[C@@H]2C(=O)O)cc1. The monoisotopic (exact) mass is 435 g/mol. The van der Waals surface area contributed by atoms with Crippen LogP contribution in [0.2, 0.25) is 0 Å². The second-order valence-corrected chi connectivity index (χ2v) is 11.0. The first kappa shape index (κ1) is 21.7. The fraction of sp³-hybridized carbons (Fsp3) is 0.381. The highest BCUT2D eigenvalue weighted by atomic mass is 32.2. The van der Waals surface area contributed by atoms with E-state index in [-0.39, 0.29) is 4.90 Å². The Labute approximate surface area is 175 Å². The molecule has 2 atom stereocenters. The van der Waals surface area contributed by atoms with Crippen LogP contribution < -0.4 is 4.74 Å². The third-order valence-corrected chi connectivity index (χ3v) is 8.43. The van der Waals surface area contributed by atoms with E-state index in [0.29, 0.717) is 17.9 Å². The van der Waals surface area contributed by atoms with Crippen LogP contribution in [0, 0.1) is 0 Å². The van der Waals surface area contributed by atoms with Gasteiger partial charge in [-0.3, -0.25) is 4.79 Å². The fourth-order valence-electron chi connectivity index (χ4n) is 3.70. The summed E-state index contributed by atoms with van der Waals surface area (Å²) < 4.78 is 33.0. The number of carboxylic acids is 1. The molecule has 0 radical (unpaired) electrons. The first-order chi connectivity index (χ1) is 13.7. The van der Waals surface area contributed by atoms with Crippen LogP contribution >= 0.6 is 11.8 Å². The molecule has 1 N–H and O–H groups in total. The summed E-state index contributed by atoms with van der Waals surface area (Å²) in [6.07, 6.45) is 0.525. The third-order valence-electron chi connectivity index (χ3n) is 5.14. The summed E-state index contributed by atoms with van der Waals surface area (Å²) in [6.45, 7) is 3.58. The zero-order chi connectivity index (χ0) is 21.2. The largest absolute Gasteiger partial charge is 0.497 e. The highest BCUT2D eigenvalue weighted by molar-refractivity contribution is 8.00. The van der Waals surface area contributed by atoms with Crippen LogP contribution in [0.4, 0.5) is 0 Å². The fourth-order valence-corrected chi connectivity index (χ4v) is 6.92. The molecule has 0 spiro atoms. The maximum absolute atomic E-state index is 13.7. The van der Waals surface area contributed by atoms with Gasteiger partial charge in [-0.15, -0.1) is 0 Å². The van der Waals surface area contributed by atoms with E-state index >= 15 is 0 Å². The summed E-state index contributed by atoms with van der Waals surface area (Å²) >= 11 is 1.49. The molecule has 156 valence electrons. The number of carbonyl (C=O) groups is 1. The minimum Gasteiger partial charge on any atom is -0.497 e. The Morgan fingerprint density at radius 2 is 1.76 bits per heavy atom. The van der Waals surface area contributed by atoms with E-state index in [2.05, 4.69) is 0 Å². The average molecular weight is 436 g/mol. The van der Waals surface area contributed by atoms with E-state index in [4.69, 9.17) is 4.74 Å². The first-order valence-corrected chi connectivity index (χ1v) is 11.7. The number of hydrogen-bond acceptors (Lipinski definition) is 5. The Hall–Kier alpha value is -2.03. The first-order valence-electron chi connectivity index (χ1n) is 9.28. The maximum Gasteiger partial charge on any atom is 0.323 e. The van der Waals surface area contributed by atoms with E-state index in [0.717, 1.165) is 5.56 Å². The molecule has 0 unspecified atom stereocenters. The molecular formula is C21H25NO5S2. The quantitative estimate of drug-likeness (QED) is 0.769. The van der Waals surface area contributed by atoms with Gasteiger partial charge in [0.25, 0.3) is 0 Å². The molecule has 3 rings (SSSR count). The van der Waals surface area contributed by atoms with Crippen LogP contribution in [-0.4, -0.2) is 47.5 Å². The Bertz CT molecular complexity index is 958. The van der Waals surface area contributed by atoms with E-state index in [1.54, 1.807) is 26.0 Å². The summed E-state index contributed by atoms with van der Waals surface area (Å²) in [5, 5.41) is 10.1. The maximum atomic E-state index is 13.7. The van der Waals surface area contributed by atoms with Crippen molar-refractivity contribution in [1.29, 1.82) is 0 Å². The lowest BCUT2D eigenvalue weighted by molar-refractivity contribution is -0.143. The van der Waals surface area contributed by atoms with Gasteiger partial charge in [0, 0.05) is 4.75 Å². The molecule has 0 bridgehead atoms. The van der Waals surface area contributed by atoms with Gasteiger partial charge in [-0.05, 0) is 55.9 Å².